The van der Waals surface area contributed by atoms with Gasteiger partial charge in [-0.25, -0.2) is 0 Å². The van der Waals surface area contributed by atoms with E-state index in [4.69, 9.17) is 23.2 Å². The van der Waals surface area contributed by atoms with Crippen molar-refractivity contribution in [2.24, 2.45) is 0 Å². The highest BCUT2D eigenvalue weighted by Gasteiger charge is 2.21. The Labute approximate surface area is 111 Å². The van der Waals surface area contributed by atoms with Crippen molar-refractivity contribution in [2.75, 3.05) is 33.2 Å². The molecule has 1 aromatic carbocycles. The van der Waals surface area contributed by atoms with Crippen LogP contribution in [0, 0.1) is 0 Å². The first-order chi connectivity index (χ1) is 8.08. The molecule has 1 heterocycles. The fourth-order valence-corrected chi connectivity index (χ4v) is 2.33. The van der Waals surface area contributed by atoms with E-state index in [2.05, 4.69) is 11.9 Å². The van der Waals surface area contributed by atoms with E-state index in [1.807, 2.05) is 4.90 Å². The summed E-state index contributed by atoms with van der Waals surface area (Å²) in [6.07, 6.45) is 0. The Morgan fingerprint density at radius 2 is 1.82 bits per heavy atom. The van der Waals surface area contributed by atoms with Crippen LogP contribution < -0.4 is 0 Å². The molecule has 0 saturated carbocycles. The van der Waals surface area contributed by atoms with Crippen molar-refractivity contribution in [1.82, 2.24) is 9.80 Å². The van der Waals surface area contributed by atoms with Crippen molar-refractivity contribution in [3.8, 4) is 0 Å². The Kier molecular flexibility index (Phi) is 3.92. The van der Waals surface area contributed by atoms with Crippen LogP contribution in [-0.2, 0) is 0 Å². The van der Waals surface area contributed by atoms with Gasteiger partial charge in [0.1, 0.15) is 0 Å². The highest BCUT2D eigenvalue weighted by Crippen LogP contribution is 2.22. The van der Waals surface area contributed by atoms with Crippen LogP contribution in [0.5, 0.6) is 0 Å². The predicted molar refractivity (Wildman–Crippen MR) is 69.9 cm³/mol. The predicted octanol–water partition coefficient (Wildman–Crippen LogP) is 2.38. The summed E-state index contributed by atoms with van der Waals surface area (Å²) in [6.45, 7) is 3.29. The number of carbonyl (C=O) groups is 1. The van der Waals surface area contributed by atoms with Gasteiger partial charge < -0.3 is 9.80 Å². The summed E-state index contributed by atoms with van der Waals surface area (Å²) in [5.41, 5.74) is 0.528. The molecule has 17 heavy (non-hydrogen) atoms. The summed E-state index contributed by atoms with van der Waals surface area (Å²) >= 11 is 11.8. The van der Waals surface area contributed by atoms with Crippen molar-refractivity contribution in [1.29, 1.82) is 0 Å². The molecule has 3 nitrogen and oxygen atoms in total. The summed E-state index contributed by atoms with van der Waals surface area (Å²) in [5.74, 6) is -0.0141. The third kappa shape index (κ3) is 2.92. The van der Waals surface area contributed by atoms with Gasteiger partial charge in [0.05, 0.1) is 10.6 Å². The summed E-state index contributed by atoms with van der Waals surface area (Å²) in [4.78, 5) is 16.2. The van der Waals surface area contributed by atoms with Gasteiger partial charge in [0.25, 0.3) is 5.91 Å². The van der Waals surface area contributed by atoms with Gasteiger partial charge in [-0.05, 0) is 25.2 Å². The first-order valence-corrected chi connectivity index (χ1v) is 6.26. The van der Waals surface area contributed by atoms with Gasteiger partial charge in [0, 0.05) is 31.2 Å². The third-order valence-corrected chi connectivity index (χ3v) is 3.50. The van der Waals surface area contributed by atoms with E-state index < -0.39 is 0 Å². The lowest BCUT2D eigenvalue weighted by atomic mass is 10.2. The topological polar surface area (TPSA) is 23.6 Å². The average molecular weight is 273 g/mol. The van der Waals surface area contributed by atoms with Crippen LogP contribution in [-0.4, -0.2) is 48.9 Å². The van der Waals surface area contributed by atoms with Gasteiger partial charge in [-0.15, -0.1) is 0 Å². The standard InChI is InChI=1S/C12H14Cl2N2O/c1-15-4-6-16(7-5-15)12(17)10-3-2-9(13)8-11(10)14/h2-3,8H,4-7H2,1H3. The van der Waals surface area contributed by atoms with Gasteiger partial charge in [0.15, 0.2) is 0 Å². The molecular weight excluding hydrogens is 259 g/mol. The molecule has 0 aromatic heterocycles. The van der Waals surface area contributed by atoms with Crippen LogP contribution in [0.1, 0.15) is 10.4 Å². The molecule has 1 aliphatic rings. The number of piperazine rings is 1. The first-order valence-electron chi connectivity index (χ1n) is 5.51. The van der Waals surface area contributed by atoms with Gasteiger partial charge in [0.2, 0.25) is 0 Å². The Balaban J connectivity index is 2.14. The quantitative estimate of drug-likeness (QED) is 0.784. The van der Waals surface area contributed by atoms with E-state index in [1.54, 1.807) is 18.2 Å². The zero-order chi connectivity index (χ0) is 12.4. The first kappa shape index (κ1) is 12.7. The van der Waals surface area contributed by atoms with Crippen LogP contribution in [0.4, 0.5) is 0 Å². The number of likely N-dealkylation sites (N-methyl/N-ethyl adjacent to an activating group) is 1. The summed E-state index contributed by atoms with van der Waals surface area (Å²) in [7, 11) is 2.05. The minimum Gasteiger partial charge on any atom is -0.336 e. The smallest absolute Gasteiger partial charge is 0.255 e. The molecule has 1 amide bonds. The molecule has 2 rings (SSSR count). The number of rotatable bonds is 1. The van der Waals surface area contributed by atoms with E-state index in [0.29, 0.717) is 15.6 Å². The maximum Gasteiger partial charge on any atom is 0.255 e. The maximum atomic E-state index is 12.2. The largest absolute Gasteiger partial charge is 0.336 e. The number of benzene rings is 1. The Morgan fingerprint density at radius 3 is 2.41 bits per heavy atom. The second-order valence-corrected chi connectivity index (χ2v) is 5.06. The second kappa shape index (κ2) is 5.25. The molecule has 0 atom stereocenters. The molecule has 5 heteroatoms. The van der Waals surface area contributed by atoms with Gasteiger partial charge in [-0.3, -0.25) is 4.79 Å². The van der Waals surface area contributed by atoms with Crippen molar-refractivity contribution in [2.45, 2.75) is 0 Å². The van der Waals surface area contributed by atoms with Crippen LogP contribution in [0.3, 0.4) is 0 Å². The highest BCUT2D eigenvalue weighted by atomic mass is 35.5. The van der Waals surface area contributed by atoms with Crippen LogP contribution in [0.2, 0.25) is 10.0 Å². The van der Waals surface area contributed by atoms with Crippen LogP contribution in [0.15, 0.2) is 18.2 Å². The zero-order valence-corrected chi connectivity index (χ0v) is 11.1. The molecule has 0 N–H and O–H groups in total. The average Bonchev–Trinajstić information content (AvgIpc) is 2.29. The van der Waals surface area contributed by atoms with Crippen molar-refractivity contribution < 1.29 is 4.79 Å². The van der Waals surface area contributed by atoms with Crippen molar-refractivity contribution >= 4 is 29.1 Å². The molecule has 92 valence electrons. The molecule has 1 fully saturated rings. The summed E-state index contributed by atoms with van der Waals surface area (Å²) in [5, 5.41) is 0.964. The SMILES string of the molecule is CN1CCN(C(=O)c2ccc(Cl)cc2Cl)CC1. The zero-order valence-electron chi connectivity index (χ0n) is 9.62. The number of amides is 1. The van der Waals surface area contributed by atoms with E-state index in [-0.39, 0.29) is 5.91 Å². The van der Waals surface area contributed by atoms with Crippen molar-refractivity contribution in [3.05, 3.63) is 33.8 Å². The highest BCUT2D eigenvalue weighted by molar-refractivity contribution is 6.36. The Morgan fingerprint density at radius 1 is 1.18 bits per heavy atom. The molecule has 0 bridgehead atoms. The van der Waals surface area contributed by atoms with Crippen molar-refractivity contribution in [3.63, 3.8) is 0 Å². The van der Waals surface area contributed by atoms with Crippen LogP contribution in [0.25, 0.3) is 0 Å². The van der Waals surface area contributed by atoms with E-state index in [9.17, 15) is 4.79 Å². The monoisotopic (exact) mass is 272 g/mol. The number of halogens is 2. The minimum absolute atomic E-state index is 0.0141. The molecule has 1 saturated heterocycles. The lowest BCUT2D eigenvalue weighted by Gasteiger charge is -2.32. The van der Waals surface area contributed by atoms with Gasteiger partial charge in [-0.1, -0.05) is 23.2 Å². The van der Waals surface area contributed by atoms with E-state index in [1.165, 1.54) is 0 Å². The van der Waals surface area contributed by atoms with Gasteiger partial charge >= 0.3 is 0 Å². The second-order valence-electron chi connectivity index (χ2n) is 4.22. The molecule has 1 aromatic rings. The normalized spacial score (nSPS) is 17.2. The lowest BCUT2D eigenvalue weighted by molar-refractivity contribution is 0.0664. The summed E-state index contributed by atoms with van der Waals surface area (Å²) < 4.78 is 0. The molecule has 1 aliphatic heterocycles. The number of nitrogens with zero attached hydrogens (tertiary/aromatic N) is 2. The summed E-state index contributed by atoms with van der Waals surface area (Å²) in [6, 6.07) is 4.98. The third-order valence-electron chi connectivity index (χ3n) is 2.95. The fraction of sp³-hybridized carbons (Fsp3) is 0.417. The van der Waals surface area contributed by atoms with E-state index >= 15 is 0 Å². The van der Waals surface area contributed by atoms with Crippen LogP contribution >= 0.6 is 23.2 Å². The number of hydrogen-bond donors (Lipinski definition) is 0. The minimum atomic E-state index is -0.0141. The molecular formula is C12H14Cl2N2O. The lowest BCUT2D eigenvalue weighted by Crippen LogP contribution is -2.47. The number of hydrogen-bond acceptors (Lipinski definition) is 2. The number of carbonyl (C=O) groups excluding carboxylic acids is 1. The van der Waals surface area contributed by atoms with Gasteiger partial charge in [-0.2, -0.15) is 0 Å². The Hall–Kier alpha value is -0.770. The Bertz CT molecular complexity index is 429. The molecule has 0 spiro atoms. The maximum absolute atomic E-state index is 12.2. The molecule has 0 radical (unpaired) electrons. The fourth-order valence-electron chi connectivity index (χ4n) is 1.84. The molecule has 0 aliphatic carbocycles. The van der Waals surface area contributed by atoms with E-state index in [0.717, 1.165) is 26.2 Å². The molecule has 0 unspecified atom stereocenters.